The Morgan fingerprint density at radius 2 is 2.22 bits per heavy atom. The molecule has 0 radical (unpaired) electrons. The molecule has 3 N–H and O–H groups in total. The number of rotatable bonds is 5. The van der Waals surface area contributed by atoms with Crippen LogP contribution in [0.3, 0.4) is 0 Å². The molecular weight excluding hydrogens is 238 g/mol. The maximum atomic E-state index is 11.6. The van der Waals surface area contributed by atoms with Gasteiger partial charge in [-0.15, -0.1) is 0 Å². The second-order valence-corrected chi connectivity index (χ2v) is 4.84. The Labute approximate surface area is 106 Å². The van der Waals surface area contributed by atoms with Crippen molar-refractivity contribution >= 4 is 12.0 Å². The summed E-state index contributed by atoms with van der Waals surface area (Å²) in [7, 11) is 3.71. The van der Waals surface area contributed by atoms with E-state index in [9.17, 15) is 9.59 Å². The van der Waals surface area contributed by atoms with Gasteiger partial charge in [0, 0.05) is 20.1 Å². The minimum Gasteiger partial charge on any atom is -0.479 e. The average Bonchev–Trinajstić information content (AvgIpc) is 2.70. The van der Waals surface area contributed by atoms with Gasteiger partial charge in [0.15, 0.2) is 6.10 Å². The zero-order chi connectivity index (χ0) is 13.7. The maximum absolute atomic E-state index is 11.6. The molecule has 104 valence electrons. The molecule has 1 aliphatic heterocycles. The summed E-state index contributed by atoms with van der Waals surface area (Å²) >= 11 is 0. The largest absolute Gasteiger partial charge is 0.479 e. The molecule has 7 nitrogen and oxygen atoms in total. The normalized spacial score (nSPS) is 21.6. The topological polar surface area (TPSA) is 93.1 Å². The highest BCUT2D eigenvalue weighted by molar-refractivity contribution is 5.76. The summed E-state index contributed by atoms with van der Waals surface area (Å²) < 4.78 is 0. The first-order valence-electron chi connectivity index (χ1n) is 5.98. The van der Waals surface area contributed by atoms with Crippen molar-refractivity contribution in [1.29, 1.82) is 0 Å². The van der Waals surface area contributed by atoms with E-state index >= 15 is 0 Å². The predicted molar refractivity (Wildman–Crippen MR) is 65.3 cm³/mol. The Morgan fingerprint density at radius 1 is 1.56 bits per heavy atom. The summed E-state index contributed by atoms with van der Waals surface area (Å²) in [5, 5.41) is 19.9. The molecule has 1 heterocycles. The number of urea groups is 1. The molecule has 0 aromatic carbocycles. The lowest BCUT2D eigenvalue weighted by Crippen LogP contribution is -2.44. The van der Waals surface area contributed by atoms with Crippen LogP contribution in [0.5, 0.6) is 0 Å². The van der Waals surface area contributed by atoms with Crippen molar-refractivity contribution in [2.75, 3.05) is 40.3 Å². The first-order chi connectivity index (χ1) is 8.40. The van der Waals surface area contributed by atoms with Crippen LogP contribution in [0.25, 0.3) is 0 Å². The Hall–Kier alpha value is -1.34. The van der Waals surface area contributed by atoms with Gasteiger partial charge < -0.3 is 25.3 Å². The van der Waals surface area contributed by atoms with E-state index in [2.05, 4.69) is 10.2 Å². The van der Waals surface area contributed by atoms with Crippen molar-refractivity contribution in [2.45, 2.75) is 12.5 Å². The fourth-order valence-electron chi connectivity index (χ4n) is 2.05. The second-order valence-electron chi connectivity index (χ2n) is 4.84. The van der Waals surface area contributed by atoms with Crippen LogP contribution >= 0.6 is 0 Å². The number of nitrogens with zero attached hydrogens (tertiary/aromatic N) is 2. The molecule has 0 spiro atoms. The van der Waals surface area contributed by atoms with Gasteiger partial charge in [-0.2, -0.15) is 0 Å². The van der Waals surface area contributed by atoms with Crippen LogP contribution in [0.4, 0.5) is 4.79 Å². The maximum Gasteiger partial charge on any atom is 0.334 e. The number of hydrogen-bond acceptors (Lipinski definition) is 4. The molecule has 0 aromatic rings. The van der Waals surface area contributed by atoms with E-state index in [-0.39, 0.29) is 12.6 Å². The minimum absolute atomic E-state index is 0.275. The molecule has 7 heteroatoms. The molecule has 1 unspecified atom stereocenters. The first kappa shape index (κ1) is 14.7. The molecule has 18 heavy (non-hydrogen) atoms. The van der Waals surface area contributed by atoms with Gasteiger partial charge in [0.2, 0.25) is 0 Å². The number of hydrogen-bond donors (Lipinski definition) is 3. The molecule has 0 saturated carbocycles. The second kappa shape index (κ2) is 6.55. The third kappa shape index (κ3) is 4.50. The first-order valence-corrected chi connectivity index (χ1v) is 5.98. The Kier molecular flexibility index (Phi) is 5.36. The van der Waals surface area contributed by atoms with Gasteiger partial charge in [-0.25, -0.2) is 9.59 Å². The number of carbonyl (C=O) groups excluding carboxylic acids is 1. The molecule has 2 atom stereocenters. The van der Waals surface area contributed by atoms with Crippen molar-refractivity contribution < 1.29 is 19.8 Å². The van der Waals surface area contributed by atoms with Gasteiger partial charge >= 0.3 is 12.0 Å². The van der Waals surface area contributed by atoms with Crippen LogP contribution in [-0.4, -0.2) is 78.4 Å². The molecule has 1 aliphatic rings. The number of likely N-dealkylation sites (tertiary alicyclic amines) is 1. The monoisotopic (exact) mass is 259 g/mol. The van der Waals surface area contributed by atoms with Gasteiger partial charge in [-0.05, 0) is 25.9 Å². The van der Waals surface area contributed by atoms with E-state index in [1.807, 2.05) is 7.05 Å². The molecule has 2 amide bonds. The number of aliphatic carboxylic acids is 1. The quantitative estimate of drug-likeness (QED) is 0.590. The molecule has 1 fully saturated rings. The highest BCUT2D eigenvalue weighted by Crippen LogP contribution is 2.14. The summed E-state index contributed by atoms with van der Waals surface area (Å²) in [6.07, 6.45) is -0.494. The van der Waals surface area contributed by atoms with Crippen molar-refractivity contribution in [2.24, 2.45) is 5.92 Å². The van der Waals surface area contributed by atoms with E-state index in [1.165, 1.54) is 4.90 Å². The Morgan fingerprint density at radius 3 is 2.72 bits per heavy atom. The average molecular weight is 259 g/mol. The van der Waals surface area contributed by atoms with E-state index in [1.54, 1.807) is 7.05 Å². The number of carboxylic acid groups (broad SMARTS) is 1. The lowest BCUT2D eigenvalue weighted by atomic mass is 10.1. The van der Waals surface area contributed by atoms with Gasteiger partial charge in [-0.1, -0.05) is 0 Å². The van der Waals surface area contributed by atoms with Crippen LogP contribution in [0.2, 0.25) is 0 Å². The summed E-state index contributed by atoms with van der Waals surface area (Å²) in [6.45, 7) is 2.37. The molecule has 1 rings (SSSR count). The van der Waals surface area contributed by atoms with Crippen molar-refractivity contribution in [3.05, 3.63) is 0 Å². The van der Waals surface area contributed by atoms with Crippen LogP contribution in [0.1, 0.15) is 6.42 Å². The summed E-state index contributed by atoms with van der Waals surface area (Å²) in [5.41, 5.74) is 0. The van der Waals surface area contributed by atoms with Crippen molar-refractivity contribution in [1.82, 2.24) is 15.1 Å². The number of carbonyl (C=O) groups is 2. The fourth-order valence-corrected chi connectivity index (χ4v) is 2.05. The predicted octanol–water partition coefficient (Wildman–Crippen LogP) is -0.975. The van der Waals surface area contributed by atoms with Crippen molar-refractivity contribution in [3.8, 4) is 0 Å². The molecule has 1 saturated heterocycles. The van der Waals surface area contributed by atoms with Crippen LogP contribution in [0.15, 0.2) is 0 Å². The van der Waals surface area contributed by atoms with Gasteiger partial charge in [0.25, 0.3) is 0 Å². The molecule has 0 bridgehead atoms. The number of nitrogens with one attached hydrogen (secondary N) is 1. The molecular formula is C11H21N3O4. The standard InChI is InChI=1S/C11H21N3O4/c1-13-4-3-8(6-13)7-14(2)11(18)12-5-9(15)10(16)17/h8-9,15H,3-7H2,1-2H3,(H,12,18)(H,16,17)/t8?,9-/m0/s1. The minimum atomic E-state index is -1.56. The summed E-state index contributed by atoms with van der Waals surface area (Å²) in [4.78, 5) is 25.8. The third-order valence-electron chi connectivity index (χ3n) is 3.10. The van der Waals surface area contributed by atoms with Gasteiger partial charge in [0.1, 0.15) is 0 Å². The van der Waals surface area contributed by atoms with E-state index < -0.39 is 12.1 Å². The van der Waals surface area contributed by atoms with Crippen LogP contribution in [-0.2, 0) is 4.79 Å². The molecule has 0 aliphatic carbocycles. The Bertz CT molecular complexity index is 311. The van der Waals surface area contributed by atoms with Crippen molar-refractivity contribution in [3.63, 3.8) is 0 Å². The number of carboxylic acids is 1. The van der Waals surface area contributed by atoms with Crippen LogP contribution < -0.4 is 5.32 Å². The smallest absolute Gasteiger partial charge is 0.334 e. The summed E-state index contributed by atoms with van der Waals surface area (Å²) in [6, 6.07) is -0.357. The van der Waals surface area contributed by atoms with E-state index in [0.717, 1.165) is 19.5 Å². The van der Waals surface area contributed by atoms with E-state index in [4.69, 9.17) is 10.2 Å². The van der Waals surface area contributed by atoms with Crippen LogP contribution in [0, 0.1) is 5.92 Å². The number of aliphatic hydroxyl groups excluding tert-OH is 1. The van der Waals surface area contributed by atoms with Gasteiger partial charge in [-0.3, -0.25) is 0 Å². The summed E-state index contributed by atoms with van der Waals surface area (Å²) in [5.74, 6) is -0.884. The highest BCUT2D eigenvalue weighted by Gasteiger charge is 2.23. The number of aliphatic hydroxyl groups is 1. The SMILES string of the molecule is CN1CCC(CN(C)C(=O)NC[C@H](O)C(=O)O)C1. The van der Waals surface area contributed by atoms with E-state index in [0.29, 0.717) is 12.5 Å². The zero-order valence-corrected chi connectivity index (χ0v) is 10.8. The third-order valence-corrected chi connectivity index (χ3v) is 3.10. The zero-order valence-electron chi connectivity index (χ0n) is 10.8. The Balaban J connectivity index is 2.26. The number of amides is 2. The fraction of sp³-hybridized carbons (Fsp3) is 0.818. The lowest BCUT2D eigenvalue weighted by Gasteiger charge is -2.22. The molecule has 0 aromatic heterocycles. The lowest BCUT2D eigenvalue weighted by molar-refractivity contribution is -0.146. The van der Waals surface area contributed by atoms with Gasteiger partial charge in [0.05, 0.1) is 6.54 Å². The highest BCUT2D eigenvalue weighted by atomic mass is 16.4.